The highest BCUT2D eigenvalue weighted by Crippen LogP contribution is 2.21. The summed E-state index contributed by atoms with van der Waals surface area (Å²) in [4.78, 5) is 20.2. The van der Waals surface area contributed by atoms with Crippen molar-refractivity contribution in [3.8, 4) is 0 Å². The first-order valence-corrected chi connectivity index (χ1v) is 6.50. The molecule has 1 atom stereocenters. The van der Waals surface area contributed by atoms with Crippen LogP contribution < -0.4 is 10.5 Å². The van der Waals surface area contributed by atoms with E-state index < -0.39 is 0 Å². The summed E-state index contributed by atoms with van der Waals surface area (Å²) in [5, 5.41) is 0. The molecule has 6 heteroatoms. The standard InChI is InChI=1S/C11H16BrN3O2/c1-15(5-8-3-2-4-17-6-8)10-9(12)11(16)14-7-13-10/h7-8H,2-6H2,1H3,(H,13,14,16). The molecule has 0 bridgehead atoms. The lowest BCUT2D eigenvalue weighted by atomic mass is 10.0. The summed E-state index contributed by atoms with van der Waals surface area (Å²) in [5.41, 5.74) is -0.151. The number of hydrogen-bond acceptors (Lipinski definition) is 4. The first-order chi connectivity index (χ1) is 8.18. The van der Waals surface area contributed by atoms with Gasteiger partial charge in [-0.3, -0.25) is 4.79 Å². The van der Waals surface area contributed by atoms with E-state index in [2.05, 4.69) is 25.9 Å². The summed E-state index contributed by atoms with van der Waals surface area (Å²) in [6.45, 7) is 2.52. The Morgan fingerprint density at radius 1 is 1.71 bits per heavy atom. The van der Waals surface area contributed by atoms with Gasteiger partial charge in [-0.15, -0.1) is 0 Å². The van der Waals surface area contributed by atoms with Gasteiger partial charge in [-0.2, -0.15) is 0 Å². The van der Waals surface area contributed by atoms with Crippen molar-refractivity contribution < 1.29 is 4.74 Å². The average molecular weight is 302 g/mol. The van der Waals surface area contributed by atoms with E-state index in [1.807, 2.05) is 11.9 Å². The largest absolute Gasteiger partial charge is 0.381 e. The van der Waals surface area contributed by atoms with Gasteiger partial charge in [0.05, 0.1) is 12.9 Å². The van der Waals surface area contributed by atoms with Crippen LogP contribution in [-0.2, 0) is 4.74 Å². The van der Waals surface area contributed by atoms with Crippen LogP contribution in [-0.4, -0.2) is 36.8 Å². The lowest BCUT2D eigenvalue weighted by Gasteiger charge is -2.27. The third-order valence-corrected chi connectivity index (χ3v) is 3.64. The number of anilines is 1. The molecule has 2 heterocycles. The van der Waals surface area contributed by atoms with Crippen molar-refractivity contribution in [2.75, 3.05) is 31.7 Å². The molecule has 1 saturated heterocycles. The summed E-state index contributed by atoms with van der Waals surface area (Å²) >= 11 is 3.27. The minimum absolute atomic E-state index is 0.151. The minimum Gasteiger partial charge on any atom is -0.381 e. The molecular formula is C11H16BrN3O2. The first-order valence-electron chi connectivity index (χ1n) is 5.70. The van der Waals surface area contributed by atoms with Crippen molar-refractivity contribution in [3.05, 3.63) is 21.2 Å². The predicted octanol–water partition coefficient (Wildman–Crippen LogP) is 1.40. The van der Waals surface area contributed by atoms with E-state index in [-0.39, 0.29) is 5.56 Å². The highest BCUT2D eigenvalue weighted by Gasteiger charge is 2.18. The maximum atomic E-state index is 11.4. The Morgan fingerprint density at radius 3 is 3.24 bits per heavy atom. The zero-order valence-corrected chi connectivity index (χ0v) is 11.4. The molecule has 2 rings (SSSR count). The number of nitrogens with one attached hydrogen (secondary N) is 1. The van der Waals surface area contributed by atoms with Crippen LogP contribution in [0.1, 0.15) is 12.8 Å². The Balaban J connectivity index is 2.06. The van der Waals surface area contributed by atoms with Crippen LogP contribution in [0.4, 0.5) is 5.82 Å². The molecule has 17 heavy (non-hydrogen) atoms. The molecule has 0 saturated carbocycles. The van der Waals surface area contributed by atoms with Crippen LogP contribution >= 0.6 is 15.9 Å². The van der Waals surface area contributed by atoms with Gasteiger partial charge in [0.25, 0.3) is 5.56 Å². The second-order valence-corrected chi connectivity index (χ2v) is 5.13. The van der Waals surface area contributed by atoms with Gasteiger partial charge in [0.2, 0.25) is 0 Å². The summed E-state index contributed by atoms with van der Waals surface area (Å²) in [5.74, 6) is 1.20. The Kier molecular flexibility index (Phi) is 4.17. The molecule has 1 N–H and O–H groups in total. The Hall–Kier alpha value is -0.880. The van der Waals surface area contributed by atoms with Crippen LogP contribution in [0.2, 0.25) is 0 Å². The number of H-pyrrole nitrogens is 1. The van der Waals surface area contributed by atoms with E-state index in [1.165, 1.54) is 12.7 Å². The Bertz CT molecular complexity index is 429. The van der Waals surface area contributed by atoms with Crippen LogP contribution in [0.3, 0.4) is 0 Å². The van der Waals surface area contributed by atoms with Crippen molar-refractivity contribution in [3.63, 3.8) is 0 Å². The maximum Gasteiger partial charge on any atom is 0.267 e. The van der Waals surface area contributed by atoms with Crippen molar-refractivity contribution in [1.82, 2.24) is 9.97 Å². The number of aromatic amines is 1. The number of rotatable bonds is 3. The maximum absolute atomic E-state index is 11.4. The highest BCUT2D eigenvalue weighted by atomic mass is 79.9. The van der Waals surface area contributed by atoms with Gasteiger partial charge >= 0.3 is 0 Å². The number of aromatic nitrogens is 2. The van der Waals surface area contributed by atoms with Crippen LogP contribution in [0.25, 0.3) is 0 Å². The topological polar surface area (TPSA) is 58.2 Å². The number of nitrogens with zero attached hydrogens (tertiary/aromatic N) is 2. The van der Waals surface area contributed by atoms with Gasteiger partial charge in [-0.05, 0) is 34.7 Å². The normalized spacial score (nSPS) is 20.2. The van der Waals surface area contributed by atoms with Gasteiger partial charge < -0.3 is 14.6 Å². The van der Waals surface area contributed by atoms with Gasteiger partial charge in [0.15, 0.2) is 0 Å². The van der Waals surface area contributed by atoms with Gasteiger partial charge in [-0.1, -0.05) is 0 Å². The lowest BCUT2D eigenvalue weighted by molar-refractivity contribution is 0.0576. The molecule has 94 valence electrons. The smallest absolute Gasteiger partial charge is 0.267 e. The first kappa shape index (κ1) is 12.6. The van der Waals surface area contributed by atoms with Gasteiger partial charge in [-0.25, -0.2) is 4.98 Å². The van der Waals surface area contributed by atoms with Crippen LogP contribution in [0.15, 0.2) is 15.6 Å². The highest BCUT2D eigenvalue weighted by molar-refractivity contribution is 9.10. The molecule has 0 aliphatic carbocycles. The van der Waals surface area contributed by atoms with E-state index in [4.69, 9.17) is 4.74 Å². The number of ether oxygens (including phenoxy) is 1. The summed E-state index contributed by atoms with van der Waals surface area (Å²) in [6.07, 6.45) is 3.71. The molecule has 1 aromatic rings. The van der Waals surface area contributed by atoms with E-state index in [0.717, 1.165) is 26.2 Å². The van der Waals surface area contributed by atoms with Crippen LogP contribution in [0, 0.1) is 5.92 Å². The molecule has 0 spiro atoms. The Morgan fingerprint density at radius 2 is 2.53 bits per heavy atom. The van der Waals surface area contributed by atoms with E-state index in [0.29, 0.717) is 16.2 Å². The fraction of sp³-hybridized carbons (Fsp3) is 0.636. The van der Waals surface area contributed by atoms with Crippen molar-refractivity contribution >= 4 is 21.7 Å². The second-order valence-electron chi connectivity index (χ2n) is 4.33. The number of hydrogen-bond donors (Lipinski definition) is 1. The summed E-state index contributed by atoms with van der Waals surface area (Å²) in [7, 11) is 1.95. The molecule has 1 fully saturated rings. The summed E-state index contributed by atoms with van der Waals surface area (Å²) in [6, 6.07) is 0. The number of halogens is 1. The van der Waals surface area contributed by atoms with Crippen molar-refractivity contribution in [2.24, 2.45) is 5.92 Å². The third kappa shape index (κ3) is 3.07. The van der Waals surface area contributed by atoms with Crippen molar-refractivity contribution in [1.29, 1.82) is 0 Å². The SMILES string of the molecule is CN(CC1CCCOC1)c1nc[nH]c(=O)c1Br. The van der Waals surface area contributed by atoms with Crippen molar-refractivity contribution in [2.45, 2.75) is 12.8 Å². The van der Waals surface area contributed by atoms with E-state index in [1.54, 1.807) is 0 Å². The third-order valence-electron chi connectivity index (χ3n) is 2.93. The average Bonchev–Trinajstić information content (AvgIpc) is 2.34. The fourth-order valence-electron chi connectivity index (χ4n) is 2.06. The molecule has 1 unspecified atom stereocenters. The predicted molar refractivity (Wildman–Crippen MR) is 69.4 cm³/mol. The monoisotopic (exact) mass is 301 g/mol. The molecule has 1 aliphatic heterocycles. The molecule has 5 nitrogen and oxygen atoms in total. The fourth-order valence-corrected chi connectivity index (χ4v) is 2.58. The zero-order chi connectivity index (χ0) is 12.3. The zero-order valence-electron chi connectivity index (χ0n) is 9.78. The lowest BCUT2D eigenvalue weighted by Crippen LogP contribution is -2.32. The summed E-state index contributed by atoms with van der Waals surface area (Å²) < 4.78 is 5.93. The molecule has 1 aliphatic rings. The molecule has 1 aromatic heterocycles. The molecule has 0 aromatic carbocycles. The van der Waals surface area contributed by atoms with E-state index in [9.17, 15) is 4.79 Å². The molecule has 0 amide bonds. The molecule has 0 radical (unpaired) electrons. The Labute approximate surface area is 108 Å². The van der Waals surface area contributed by atoms with E-state index >= 15 is 0 Å². The second kappa shape index (κ2) is 5.64. The van der Waals surface area contributed by atoms with Gasteiger partial charge in [0, 0.05) is 20.2 Å². The minimum atomic E-state index is -0.151. The van der Waals surface area contributed by atoms with Gasteiger partial charge in [0.1, 0.15) is 10.3 Å². The molecular weight excluding hydrogens is 286 g/mol. The quantitative estimate of drug-likeness (QED) is 0.917. The van der Waals surface area contributed by atoms with Crippen LogP contribution in [0.5, 0.6) is 0 Å².